The topological polar surface area (TPSA) is 79.5 Å². The molecule has 0 fully saturated rings. The lowest BCUT2D eigenvalue weighted by Gasteiger charge is -2.15. The maximum atomic E-state index is 12.2. The predicted molar refractivity (Wildman–Crippen MR) is 94.0 cm³/mol. The Morgan fingerprint density at radius 1 is 1.08 bits per heavy atom. The van der Waals surface area contributed by atoms with E-state index in [-0.39, 0.29) is 12.5 Å². The van der Waals surface area contributed by atoms with Crippen molar-refractivity contribution >= 4 is 5.91 Å². The van der Waals surface area contributed by atoms with Crippen LogP contribution in [0.25, 0.3) is 22.9 Å². The number of rotatable bonds is 5. The third kappa shape index (κ3) is 3.75. The Morgan fingerprint density at radius 3 is 2.40 bits per heavy atom. The summed E-state index contributed by atoms with van der Waals surface area (Å²) in [6.07, 6.45) is 0. The lowest BCUT2D eigenvalue weighted by atomic mass is 10.1. The molecule has 0 saturated carbocycles. The summed E-state index contributed by atoms with van der Waals surface area (Å²) in [5.74, 6) is 0.715. The Labute approximate surface area is 145 Å². The molecule has 1 heterocycles. The highest BCUT2D eigenvalue weighted by Crippen LogP contribution is 2.24. The molecule has 0 radical (unpaired) electrons. The maximum Gasteiger partial charge on any atom is 0.253 e. The van der Waals surface area contributed by atoms with E-state index < -0.39 is 0 Å². The van der Waals surface area contributed by atoms with E-state index in [1.165, 1.54) is 4.90 Å². The van der Waals surface area contributed by atoms with E-state index in [1.54, 1.807) is 31.3 Å². The van der Waals surface area contributed by atoms with Gasteiger partial charge in [0, 0.05) is 30.3 Å². The molecule has 3 aromatic rings. The molecule has 3 rings (SSSR count). The molecule has 6 heteroatoms. The molecule has 25 heavy (non-hydrogen) atoms. The third-order valence-corrected chi connectivity index (χ3v) is 3.85. The van der Waals surface area contributed by atoms with Gasteiger partial charge in [0.25, 0.3) is 5.91 Å². The summed E-state index contributed by atoms with van der Waals surface area (Å²) in [7, 11) is 1.65. The van der Waals surface area contributed by atoms with Crippen molar-refractivity contribution in [2.75, 3.05) is 20.2 Å². The van der Waals surface area contributed by atoms with E-state index >= 15 is 0 Å². The lowest BCUT2D eigenvalue weighted by Crippen LogP contribution is -2.29. The van der Waals surface area contributed by atoms with Gasteiger partial charge in [0.2, 0.25) is 11.8 Å². The van der Waals surface area contributed by atoms with Gasteiger partial charge in [-0.3, -0.25) is 4.79 Å². The van der Waals surface area contributed by atoms with Gasteiger partial charge in [-0.15, -0.1) is 10.2 Å². The first-order valence-corrected chi connectivity index (χ1v) is 7.96. The minimum absolute atomic E-state index is 0.0654. The maximum absolute atomic E-state index is 12.2. The molecule has 1 aromatic heterocycles. The van der Waals surface area contributed by atoms with Crippen LogP contribution in [-0.4, -0.2) is 46.3 Å². The summed E-state index contributed by atoms with van der Waals surface area (Å²) in [5, 5.41) is 17.1. The molecule has 0 aliphatic rings. The fraction of sp³-hybridized carbons (Fsp3) is 0.211. The Kier molecular flexibility index (Phi) is 4.90. The van der Waals surface area contributed by atoms with Crippen LogP contribution in [0.2, 0.25) is 0 Å². The number of hydrogen-bond acceptors (Lipinski definition) is 5. The molecule has 1 N–H and O–H groups in total. The minimum Gasteiger partial charge on any atom is -0.416 e. The fourth-order valence-corrected chi connectivity index (χ4v) is 2.46. The van der Waals surface area contributed by atoms with E-state index in [1.807, 2.05) is 31.2 Å². The molecule has 0 unspecified atom stereocenters. The van der Waals surface area contributed by atoms with Crippen LogP contribution in [0.3, 0.4) is 0 Å². The lowest BCUT2D eigenvalue weighted by molar-refractivity contribution is 0.0767. The van der Waals surface area contributed by atoms with Crippen LogP contribution < -0.4 is 0 Å². The van der Waals surface area contributed by atoms with Crippen LogP contribution in [0.4, 0.5) is 0 Å². The minimum atomic E-state index is -0.147. The molecule has 0 bridgehead atoms. The molecule has 0 aliphatic heterocycles. The number of hydrogen-bond donors (Lipinski definition) is 1. The molecule has 0 saturated heterocycles. The normalized spacial score (nSPS) is 10.7. The van der Waals surface area contributed by atoms with Crippen molar-refractivity contribution in [2.45, 2.75) is 6.92 Å². The van der Waals surface area contributed by atoms with Gasteiger partial charge >= 0.3 is 0 Å². The molecule has 0 atom stereocenters. The largest absolute Gasteiger partial charge is 0.416 e. The Balaban J connectivity index is 1.80. The van der Waals surface area contributed by atoms with Crippen molar-refractivity contribution in [3.8, 4) is 22.9 Å². The molecule has 0 aliphatic carbocycles. The van der Waals surface area contributed by atoms with Gasteiger partial charge in [-0.2, -0.15) is 0 Å². The number of amides is 1. The zero-order valence-corrected chi connectivity index (χ0v) is 14.1. The van der Waals surface area contributed by atoms with Crippen molar-refractivity contribution in [2.24, 2.45) is 0 Å². The summed E-state index contributed by atoms with van der Waals surface area (Å²) in [5.41, 5.74) is 3.27. The van der Waals surface area contributed by atoms with Crippen LogP contribution in [0.5, 0.6) is 0 Å². The molecule has 1 amide bonds. The number of benzene rings is 2. The van der Waals surface area contributed by atoms with E-state index in [4.69, 9.17) is 9.52 Å². The summed E-state index contributed by atoms with van der Waals surface area (Å²) in [6.45, 7) is 2.23. The number of likely N-dealkylation sites (N-methyl/N-ethyl adjacent to an activating group) is 1. The second-order valence-electron chi connectivity index (χ2n) is 5.81. The summed E-state index contributed by atoms with van der Waals surface area (Å²) in [4.78, 5) is 13.6. The molecule has 6 nitrogen and oxygen atoms in total. The van der Waals surface area contributed by atoms with Crippen LogP contribution in [-0.2, 0) is 0 Å². The van der Waals surface area contributed by atoms with E-state index in [0.717, 1.165) is 16.7 Å². The first kappa shape index (κ1) is 16.9. The predicted octanol–water partition coefficient (Wildman–Crippen LogP) is 2.78. The highest BCUT2D eigenvalue weighted by atomic mass is 16.4. The van der Waals surface area contributed by atoms with Crippen molar-refractivity contribution in [3.63, 3.8) is 0 Å². The van der Waals surface area contributed by atoms with Gasteiger partial charge in [0.05, 0.1) is 6.61 Å². The van der Waals surface area contributed by atoms with Crippen LogP contribution in [0, 0.1) is 6.92 Å². The monoisotopic (exact) mass is 337 g/mol. The van der Waals surface area contributed by atoms with Crippen LogP contribution in [0.15, 0.2) is 52.9 Å². The average Bonchev–Trinajstić information content (AvgIpc) is 3.11. The van der Waals surface area contributed by atoms with E-state index in [2.05, 4.69) is 10.2 Å². The quantitative estimate of drug-likeness (QED) is 0.774. The number of aliphatic hydroxyl groups is 1. The molecule has 0 spiro atoms. The smallest absolute Gasteiger partial charge is 0.253 e. The van der Waals surface area contributed by atoms with Crippen molar-refractivity contribution in [1.29, 1.82) is 0 Å². The number of aryl methyl sites for hydroxylation is 1. The number of carbonyl (C=O) groups is 1. The first-order valence-electron chi connectivity index (χ1n) is 7.96. The molecular weight excluding hydrogens is 318 g/mol. The summed E-state index contributed by atoms with van der Waals surface area (Å²) < 4.78 is 5.75. The number of aliphatic hydroxyl groups excluding tert-OH is 1. The molecular formula is C19H19N3O3. The van der Waals surface area contributed by atoms with Crippen molar-refractivity contribution < 1.29 is 14.3 Å². The van der Waals surface area contributed by atoms with Gasteiger partial charge < -0.3 is 14.4 Å². The highest BCUT2D eigenvalue weighted by Gasteiger charge is 2.14. The summed E-state index contributed by atoms with van der Waals surface area (Å²) in [6, 6.07) is 14.8. The van der Waals surface area contributed by atoms with Gasteiger partial charge in [-0.1, -0.05) is 17.7 Å². The van der Waals surface area contributed by atoms with Gasteiger partial charge in [-0.05, 0) is 43.3 Å². The van der Waals surface area contributed by atoms with Gasteiger partial charge in [0.15, 0.2) is 0 Å². The van der Waals surface area contributed by atoms with Gasteiger partial charge in [-0.25, -0.2) is 0 Å². The van der Waals surface area contributed by atoms with E-state index in [9.17, 15) is 4.79 Å². The Bertz CT molecular complexity index is 872. The first-order chi connectivity index (χ1) is 12.1. The SMILES string of the molecule is Cc1cccc(-c2nnc(-c3ccc(C(=O)N(C)CCO)cc3)o2)c1. The summed E-state index contributed by atoms with van der Waals surface area (Å²) >= 11 is 0. The number of carbonyl (C=O) groups excluding carboxylic acids is 1. The number of nitrogens with zero attached hydrogens (tertiary/aromatic N) is 3. The zero-order valence-electron chi connectivity index (χ0n) is 14.1. The Morgan fingerprint density at radius 2 is 1.76 bits per heavy atom. The van der Waals surface area contributed by atoms with E-state index in [0.29, 0.717) is 23.9 Å². The van der Waals surface area contributed by atoms with Crippen molar-refractivity contribution in [1.82, 2.24) is 15.1 Å². The second-order valence-corrected chi connectivity index (χ2v) is 5.81. The highest BCUT2D eigenvalue weighted by molar-refractivity contribution is 5.94. The van der Waals surface area contributed by atoms with Crippen LogP contribution in [0.1, 0.15) is 15.9 Å². The van der Waals surface area contributed by atoms with Crippen LogP contribution >= 0.6 is 0 Å². The average molecular weight is 337 g/mol. The standard InChI is InChI=1S/C19H19N3O3/c1-13-4-3-5-16(12-13)18-21-20-17(25-18)14-6-8-15(9-7-14)19(24)22(2)10-11-23/h3-9,12,23H,10-11H2,1-2H3. The molecule has 2 aromatic carbocycles. The van der Waals surface area contributed by atoms with Gasteiger partial charge in [0.1, 0.15) is 0 Å². The Hall–Kier alpha value is -2.99. The number of aromatic nitrogens is 2. The third-order valence-electron chi connectivity index (χ3n) is 3.85. The zero-order chi connectivity index (χ0) is 17.8. The van der Waals surface area contributed by atoms with Crippen molar-refractivity contribution in [3.05, 3.63) is 59.7 Å². The second kappa shape index (κ2) is 7.27. The molecule has 128 valence electrons. The fourth-order valence-electron chi connectivity index (χ4n) is 2.46.